The minimum atomic E-state index is -4.61. The van der Waals surface area contributed by atoms with Crippen molar-refractivity contribution in [1.82, 2.24) is 14.9 Å². The summed E-state index contributed by atoms with van der Waals surface area (Å²) in [4.78, 5) is 19.4. The molecule has 21 heavy (non-hydrogen) atoms. The lowest BCUT2D eigenvalue weighted by molar-refractivity contribution is -0.145. The molecular weight excluding hydrogens is 283 g/mol. The van der Waals surface area contributed by atoms with Gasteiger partial charge >= 0.3 is 6.18 Å². The van der Waals surface area contributed by atoms with Gasteiger partial charge in [0.2, 0.25) is 5.82 Å². The van der Waals surface area contributed by atoms with Crippen LogP contribution in [0.5, 0.6) is 0 Å². The highest BCUT2D eigenvalue weighted by Crippen LogP contribution is 2.28. The highest BCUT2D eigenvalue weighted by Gasteiger charge is 2.36. The maximum Gasteiger partial charge on any atom is 0.449 e. The maximum absolute atomic E-state index is 12.7. The first-order valence-corrected chi connectivity index (χ1v) is 7.35. The van der Waals surface area contributed by atoms with Crippen molar-refractivity contribution >= 4 is 0 Å². The number of nitrogens with zero attached hydrogens (tertiary/aromatic N) is 2. The lowest BCUT2D eigenvalue weighted by Crippen LogP contribution is -2.38. The van der Waals surface area contributed by atoms with Crippen molar-refractivity contribution in [3.05, 3.63) is 27.4 Å². The molecule has 4 nitrogen and oxygen atoms in total. The zero-order valence-electron chi connectivity index (χ0n) is 11.7. The number of fused-ring (bicyclic) bond motifs is 1. The third kappa shape index (κ3) is 3.12. The first-order chi connectivity index (χ1) is 9.93. The van der Waals surface area contributed by atoms with Crippen LogP contribution in [-0.2, 0) is 19.1 Å². The molecule has 0 atom stereocenters. The Morgan fingerprint density at radius 1 is 1.29 bits per heavy atom. The fraction of sp³-hybridized carbons (Fsp3) is 0.714. The summed E-state index contributed by atoms with van der Waals surface area (Å²) in [6.45, 7) is 1.97. The zero-order valence-corrected chi connectivity index (χ0v) is 11.7. The van der Waals surface area contributed by atoms with Crippen molar-refractivity contribution in [3.63, 3.8) is 0 Å². The number of alkyl halides is 3. The predicted molar refractivity (Wildman–Crippen MR) is 70.8 cm³/mol. The number of hydrogen-bond donors (Lipinski definition) is 1. The Bertz CT molecular complexity index is 576. The van der Waals surface area contributed by atoms with E-state index in [2.05, 4.69) is 9.88 Å². The van der Waals surface area contributed by atoms with Gasteiger partial charge in [0.15, 0.2) is 0 Å². The van der Waals surface area contributed by atoms with Gasteiger partial charge in [-0.1, -0.05) is 12.8 Å². The van der Waals surface area contributed by atoms with E-state index < -0.39 is 17.6 Å². The summed E-state index contributed by atoms with van der Waals surface area (Å²) in [6, 6.07) is 0. The van der Waals surface area contributed by atoms with Crippen LogP contribution in [-0.4, -0.2) is 28.0 Å². The number of H-pyrrole nitrogens is 1. The van der Waals surface area contributed by atoms with Gasteiger partial charge in [0.25, 0.3) is 5.56 Å². The minimum absolute atomic E-state index is 0.287. The summed E-state index contributed by atoms with van der Waals surface area (Å²) in [5.41, 5.74) is 0.0498. The van der Waals surface area contributed by atoms with E-state index in [0.717, 1.165) is 13.1 Å². The van der Waals surface area contributed by atoms with E-state index in [-0.39, 0.29) is 5.69 Å². The molecule has 1 N–H and O–H groups in total. The van der Waals surface area contributed by atoms with Crippen LogP contribution in [0, 0.1) is 5.92 Å². The first-order valence-electron chi connectivity index (χ1n) is 7.35. The smallest absolute Gasteiger partial charge is 0.303 e. The molecule has 0 radical (unpaired) electrons. The van der Waals surface area contributed by atoms with Crippen molar-refractivity contribution in [3.8, 4) is 0 Å². The predicted octanol–water partition coefficient (Wildman–Crippen LogP) is 2.34. The van der Waals surface area contributed by atoms with Crippen molar-refractivity contribution < 1.29 is 13.2 Å². The highest BCUT2D eigenvalue weighted by atomic mass is 19.4. The third-order valence-corrected chi connectivity index (χ3v) is 4.41. The van der Waals surface area contributed by atoms with Gasteiger partial charge in [-0.2, -0.15) is 13.2 Å². The standard InChI is InChI=1S/C14H18F3N3O/c15-14(16,17)13-18-11-8-20(7-9-3-1-2-4-9)6-5-10(11)12(21)19-13/h9H,1-8H2,(H,18,19,21). The molecule has 0 bridgehead atoms. The number of rotatable bonds is 2. The summed E-state index contributed by atoms with van der Waals surface area (Å²) in [7, 11) is 0. The molecule has 3 rings (SSSR count). The van der Waals surface area contributed by atoms with E-state index in [1.807, 2.05) is 4.98 Å². The summed E-state index contributed by atoms with van der Waals surface area (Å²) in [5.74, 6) is -0.551. The van der Waals surface area contributed by atoms with E-state index in [0.29, 0.717) is 24.4 Å². The van der Waals surface area contributed by atoms with Gasteiger partial charge in [0.05, 0.1) is 5.69 Å². The quantitative estimate of drug-likeness (QED) is 0.912. The highest BCUT2D eigenvalue weighted by molar-refractivity contribution is 5.21. The molecule has 0 aromatic carbocycles. The van der Waals surface area contributed by atoms with Gasteiger partial charge < -0.3 is 4.98 Å². The van der Waals surface area contributed by atoms with E-state index in [1.54, 1.807) is 0 Å². The fourth-order valence-electron chi connectivity index (χ4n) is 3.34. The van der Waals surface area contributed by atoms with Crippen LogP contribution in [0.1, 0.15) is 42.8 Å². The molecule has 2 heterocycles. The molecule has 1 aromatic heterocycles. The normalized spacial score (nSPS) is 20.7. The van der Waals surface area contributed by atoms with Crippen LogP contribution in [0.15, 0.2) is 4.79 Å². The molecule has 116 valence electrons. The third-order valence-electron chi connectivity index (χ3n) is 4.41. The molecule has 1 aromatic rings. The van der Waals surface area contributed by atoms with Gasteiger partial charge in [-0.25, -0.2) is 4.98 Å². The number of aromatic amines is 1. The van der Waals surface area contributed by atoms with E-state index in [4.69, 9.17) is 0 Å². The Morgan fingerprint density at radius 3 is 2.67 bits per heavy atom. The molecule has 0 saturated heterocycles. The zero-order chi connectivity index (χ0) is 15.0. The molecule has 0 amide bonds. The molecular formula is C14H18F3N3O. The van der Waals surface area contributed by atoms with Crippen LogP contribution >= 0.6 is 0 Å². The Labute approximate surface area is 120 Å². The maximum atomic E-state index is 12.7. The first kappa shape index (κ1) is 14.6. The molecule has 2 aliphatic rings. The second-order valence-corrected chi connectivity index (χ2v) is 5.97. The number of hydrogen-bond acceptors (Lipinski definition) is 3. The molecule has 0 spiro atoms. The van der Waals surface area contributed by atoms with Crippen molar-refractivity contribution in [2.45, 2.75) is 44.8 Å². The van der Waals surface area contributed by atoms with Crippen LogP contribution in [0.3, 0.4) is 0 Å². The average molecular weight is 301 g/mol. The molecule has 1 aliphatic carbocycles. The van der Waals surface area contributed by atoms with Gasteiger partial charge in [-0.15, -0.1) is 0 Å². The fourth-order valence-corrected chi connectivity index (χ4v) is 3.34. The van der Waals surface area contributed by atoms with Crippen LogP contribution in [0.4, 0.5) is 13.2 Å². The monoisotopic (exact) mass is 301 g/mol. The summed E-state index contributed by atoms with van der Waals surface area (Å²) in [5, 5.41) is 0. The number of nitrogens with one attached hydrogen (secondary N) is 1. The Kier molecular flexibility index (Phi) is 3.77. The SMILES string of the molecule is O=c1[nH]c(C(F)(F)F)nc2c1CCN(CC1CCCC1)C2. The average Bonchev–Trinajstić information content (AvgIpc) is 2.90. The van der Waals surface area contributed by atoms with E-state index in [9.17, 15) is 18.0 Å². The lowest BCUT2D eigenvalue weighted by atomic mass is 10.0. The second kappa shape index (κ2) is 5.44. The lowest BCUT2D eigenvalue weighted by Gasteiger charge is -2.29. The van der Waals surface area contributed by atoms with Gasteiger partial charge in [0.1, 0.15) is 0 Å². The number of aromatic nitrogens is 2. The van der Waals surface area contributed by atoms with Crippen molar-refractivity contribution in [1.29, 1.82) is 0 Å². The second-order valence-electron chi connectivity index (χ2n) is 5.97. The summed E-state index contributed by atoms with van der Waals surface area (Å²) < 4.78 is 38.1. The Balaban J connectivity index is 1.80. The van der Waals surface area contributed by atoms with Gasteiger partial charge in [-0.3, -0.25) is 9.69 Å². The molecule has 1 saturated carbocycles. The minimum Gasteiger partial charge on any atom is -0.303 e. The van der Waals surface area contributed by atoms with Gasteiger partial charge in [0, 0.05) is 25.2 Å². The van der Waals surface area contributed by atoms with E-state index >= 15 is 0 Å². The van der Waals surface area contributed by atoms with Crippen molar-refractivity contribution in [2.75, 3.05) is 13.1 Å². The molecule has 1 aliphatic heterocycles. The largest absolute Gasteiger partial charge is 0.449 e. The molecule has 1 fully saturated rings. The topological polar surface area (TPSA) is 49.0 Å². The van der Waals surface area contributed by atoms with Crippen LogP contribution in [0.25, 0.3) is 0 Å². The van der Waals surface area contributed by atoms with Gasteiger partial charge in [-0.05, 0) is 25.2 Å². The molecule has 0 unspecified atom stereocenters. The van der Waals surface area contributed by atoms with E-state index in [1.165, 1.54) is 25.7 Å². The summed E-state index contributed by atoms with van der Waals surface area (Å²) >= 11 is 0. The Hall–Kier alpha value is -1.37. The summed E-state index contributed by atoms with van der Waals surface area (Å²) in [6.07, 6.45) is 0.737. The van der Waals surface area contributed by atoms with Crippen LogP contribution in [0.2, 0.25) is 0 Å². The van der Waals surface area contributed by atoms with Crippen LogP contribution < -0.4 is 5.56 Å². The Morgan fingerprint density at radius 2 is 2.00 bits per heavy atom. The van der Waals surface area contributed by atoms with Crippen molar-refractivity contribution in [2.24, 2.45) is 5.92 Å². The molecule has 7 heteroatoms. The number of halogens is 3.